The van der Waals surface area contributed by atoms with Crippen molar-refractivity contribution in [1.29, 1.82) is 0 Å². The lowest BCUT2D eigenvalue weighted by Gasteiger charge is -2.21. The number of pyridine rings is 1. The molecule has 2 N–H and O–H groups in total. The number of aromatic nitrogens is 1. The molecule has 0 saturated heterocycles. The highest BCUT2D eigenvalue weighted by Crippen LogP contribution is 2.32. The van der Waals surface area contributed by atoms with Gasteiger partial charge in [-0.2, -0.15) is 0 Å². The normalized spacial score (nSPS) is 10.9. The number of benzene rings is 1. The largest absolute Gasteiger partial charge is 0.357 e. The third-order valence-corrected chi connectivity index (χ3v) is 4.01. The SMILES string of the molecule is CC(C)c1cccc(C(C)C)c1NC(=S)NCc1ccccn1. The van der Waals surface area contributed by atoms with Crippen LogP contribution in [0.5, 0.6) is 0 Å². The second kappa shape index (κ2) is 8.06. The number of hydrogen-bond donors (Lipinski definition) is 2. The maximum Gasteiger partial charge on any atom is 0.171 e. The van der Waals surface area contributed by atoms with E-state index >= 15 is 0 Å². The van der Waals surface area contributed by atoms with Crippen LogP contribution >= 0.6 is 12.2 Å². The second-order valence-electron chi connectivity index (χ2n) is 6.25. The average molecular weight is 327 g/mol. The zero-order valence-corrected chi connectivity index (χ0v) is 15.1. The number of para-hydroxylation sites is 1. The van der Waals surface area contributed by atoms with Gasteiger partial charge in [0.1, 0.15) is 0 Å². The highest BCUT2D eigenvalue weighted by atomic mass is 32.1. The molecule has 0 radical (unpaired) electrons. The molecule has 0 aliphatic heterocycles. The Hall–Kier alpha value is -1.94. The van der Waals surface area contributed by atoms with Crippen LogP contribution in [0.1, 0.15) is 56.4 Å². The van der Waals surface area contributed by atoms with Gasteiger partial charge in [-0.05, 0) is 47.3 Å². The summed E-state index contributed by atoms with van der Waals surface area (Å²) in [6.07, 6.45) is 1.79. The zero-order valence-electron chi connectivity index (χ0n) is 14.3. The Balaban J connectivity index is 2.13. The monoisotopic (exact) mass is 327 g/mol. The van der Waals surface area contributed by atoms with Gasteiger partial charge in [-0.1, -0.05) is 52.0 Å². The first-order valence-corrected chi connectivity index (χ1v) is 8.47. The first-order valence-electron chi connectivity index (χ1n) is 8.06. The van der Waals surface area contributed by atoms with Gasteiger partial charge in [-0.15, -0.1) is 0 Å². The molecule has 0 saturated carbocycles. The van der Waals surface area contributed by atoms with Crippen molar-refractivity contribution in [1.82, 2.24) is 10.3 Å². The zero-order chi connectivity index (χ0) is 16.8. The Morgan fingerprint density at radius 1 is 1.00 bits per heavy atom. The van der Waals surface area contributed by atoms with E-state index in [1.165, 1.54) is 11.1 Å². The highest BCUT2D eigenvalue weighted by Gasteiger charge is 2.14. The lowest BCUT2D eigenvalue weighted by atomic mass is 9.93. The summed E-state index contributed by atoms with van der Waals surface area (Å²) in [6.45, 7) is 9.43. The van der Waals surface area contributed by atoms with E-state index in [-0.39, 0.29) is 0 Å². The van der Waals surface area contributed by atoms with E-state index in [9.17, 15) is 0 Å². The Labute approximate surface area is 144 Å². The van der Waals surface area contributed by atoms with Crippen LogP contribution in [-0.2, 0) is 6.54 Å². The van der Waals surface area contributed by atoms with Crippen LogP contribution < -0.4 is 10.6 Å². The average Bonchev–Trinajstić information content (AvgIpc) is 2.53. The van der Waals surface area contributed by atoms with Gasteiger partial charge in [0, 0.05) is 11.9 Å². The van der Waals surface area contributed by atoms with E-state index in [4.69, 9.17) is 12.2 Å². The Bertz CT molecular complexity index is 625. The van der Waals surface area contributed by atoms with Crippen LogP contribution in [0.4, 0.5) is 5.69 Å². The van der Waals surface area contributed by atoms with Crippen molar-refractivity contribution >= 4 is 23.0 Å². The third kappa shape index (κ3) is 4.76. The molecule has 122 valence electrons. The Morgan fingerprint density at radius 3 is 2.17 bits per heavy atom. The van der Waals surface area contributed by atoms with Crippen molar-refractivity contribution in [3.8, 4) is 0 Å². The van der Waals surface area contributed by atoms with E-state index in [1.807, 2.05) is 18.2 Å². The van der Waals surface area contributed by atoms with Gasteiger partial charge < -0.3 is 10.6 Å². The van der Waals surface area contributed by atoms with Crippen molar-refractivity contribution in [2.24, 2.45) is 0 Å². The number of nitrogens with zero attached hydrogens (tertiary/aromatic N) is 1. The fraction of sp³-hybridized carbons (Fsp3) is 0.368. The van der Waals surface area contributed by atoms with E-state index in [0.717, 1.165) is 11.4 Å². The molecule has 23 heavy (non-hydrogen) atoms. The molecule has 2 rings (SSSR count). The molecule has 0 aliphatic rings. The summed E-state index contributed by atoms with van der Waals surface area (Å²) in [6, 6.07) is 12.3. The summed E-state index contributed by atoms with van der Waals surface area (Å²) in [7, 11) is 0. The molecule has 3 nitrogen and oxygen atoms in total. The van der Waals surface area contributed by atoms with Crippen LogP contribution in [0.25, 0.3) is 0 Å². The molecule has 0 atom stereocenters. The van der Waals surface area contributed by atoms with Crippen LogP contribution in [0.3, 0.4) is 0 Å². The number of thiocarbonyl (C=S) groups is 1. The van der Waals surface area contributed by atoms with Gasteiger partial charge in [0.15, 0.2) is 5.11 Å². The molecule has 0 aliphatic carbocycles. The summed E-state index contributed by atoms with van der Waals surface area (Å²) in [5.41, 5.74) is 4.69. The molecule has 0 fully saturated rings. The predicted molar refractivity (Wildman–Crippen MR) is 102 cm³/mol. The molecular weight excluding hydrogens is 302 g/mol. The van der Waals surface area contributed by atoms with Crippen LogP contribution in [-0.4, -0.2) is 10.1 Å². The highest BCUT2D eigenvalue weighted by molar-refractivity contribution is 7.80. The molecule has 0 bridgehead atoms. The number of anilines is 1. The van der Waals surface area contributed by atoms with Gasteiger partial charge >= 0.3 is 0 Å². The van der Waals surface area contributed by atoms with Crippen molar-refractivity contribution in [3.63, 3.8) is 0 Å². The van der Waals surface area contributed by atoms with E-state index in [1.54, 1.807) is 6.20 Å². The quantitative estimate of drug-likeness (QED) is 0.772. The second-order valence-corrected chi connectivity index (χ2v) is 6.66. The van der Waals surface area contributed by atoms with Gasteiger partial charge in [0.2, 0.25) is 0 Å². The summed E-state index contributed by atoms with van der Waals surface area (Å²) >= 11 is 5.48. The molecule has 1 aromatic heterocycles. The maximum atomic E-state index is 5.48. The number of hydrogen-bond acceptors (Lipinski definition) is 2. The van der Waals surface area contributed by atoms with Crippen LogP contribution in [0.15, 0.2) is 42.6 Å². The summed E-state index contributed by atoms with van der Waals surface area (Å²) < 4.78 is 0. The van der Waals surface area contributed by atoms with Crippen molar-refractivity contribution < 1.29 is 0 Å². The van der Waals surface area contributed by atoms with Crippen molar-refractivity contribution in [2.75, 3.05) is 5.32 Å². The third-order valence-electron chi connectivity index (χ3n) is 3.77. The minimum atomic E-state index is 0.440. The molecule has 0 unspecified atom stereocenters. The molecule has 1 heterocycles. The van der Waals surface area contributed by atoms with Gasteiger partial charge in [0.25, 0.3) is 0 Å². The predicted octanol–water partition coefficient (Wildman–Crippen LogP) is 4.82. The number of nitrogens with one attached hydrogen (secondary N) is 2. The fourth-order valence-corrected chi connectivity index (χ4v) is 2.70. The van der Waals surface area contributed by atoms with E-state index in [0.29, 0.717) is 23.5 Å². The van der Waals surface area contributed by atoms with Gasteiger partial charge in [-0.3, -0.25) is 4.98 Å². The Kier molecular flexibility index (Phi) is 6.11. The van der Waals surface area contributed by atoms with Gasteiger partial charge in [-0.25, -0.2) is 0 Å². The molecule has 4 heteroatoms. The van der Waals surface area contributed by atoms with Crippen LogP contribution in [0.2, 0.25) is 0 Å². The molecule has 0 amide bonds. The minimum absolute atomic E-state index is 0.440. The molecule has 1 aromatic carbocycles. The topological polar surface area (TPSA) is 37.0 Å². The molecule has 2 aromatic rings. The smallest absolute Gasteiger partial charge is 0.171 e. The first-order chi connectivity index (χ1) is 11.0. The lowest BCUT2D eigenvalue weighted by Crippen LogP contribution is -2.29. The molecule has 0 spiro atoms. The van der Waals surface area contributed by atoms with Crippen molar-refractivity contribution in [3.05, 3.63) is 59.4 Å². The summed E-state index contributed by atoms with van der Waals surface area (Å²) in [4.78, 5) is 4.30. The van der Waals surface area contributed by atoms with Crippen LogP contribution in [0, 0.1) is 0 Å². The maximum absolute atomic E-state index is 5.48. The molecular formula is C19H25N3S. The van der Waals surface area contributed by atoms with Crippen molar-refractivity contribution in [2.45, 2.75) is 46.1 Å². The fourth-order valence-electron chi connectivity index (χ4n) is 2.53. The Morgan fingerprint density at radius 2 is 1.65 bits per heavy atom. The van der Waals surface area contributed by atoms with E-state index < -0.39 is 0 Å². The lowest BCUT2D eigenvalue weighted by molar-refractivity contribution is 0.836. The van der Waals surface area contributed by atoms with E-state index in [2.05, 4.69) is 61.5 Å². The minimum Gasteiger partial charge on any atom is -0.357 e. The number of rotatable bonds is 5. The summed E-state index contributed by atoms with van der Waals surface area (Å²) in [5, 5.41) is 7.27. The standard InChI is InChI=1S/C19H25N3S/c1-13(2)16-9-7-10-17(14(3)4)18(16)22-19(23)21-12-15-8-5-6-11-20-15/h5-11,13-14H,12H2,1-4H3,(H2,21,22,23). The summed E-state index contributed by atoms with van der Waals surface area (Å²) in [5.74, 6) is 0.879. The van der Waals surface area contributed by atoms with Gasteiger partial charge in [0.05, 0.1) is 12.2 Å². The first kappa shape index (κ1) is 17.4.